The summed E-state index contributed by atoms with van der Waals surface area (Å²) >= 11 is 12.4. The van der Waals surface area contributed by atoms with E-state index < -0.39 is 0 Å². The molecule has 0 aromatic heterocycles. The molecule has 1 aliphatic carbocycles. The first kappa shape index (κ1) is 23.8. The van der Waals surface area contributed by atoms with Gasteiger partial charge in [0.1, 0.15) is 0 Å². The van der Waals surface area contributed by atoms with Crippen LogP contribution in [0.4, 0.5) is 0 Å². The van der Waals surface area contributed by atoms with Crippen LogP contribution >= 0.6 is 48.0 Å². The number of hydrogen-bond donors (Lipinski definition) is 1. The second kappa shape index (κ2) is 10.5. The van der Waals surface area contributed by atoms with Crippen molar-refractivity contribution in [3.8, 4) is 0 Å². The zero-order chi connectivity index (χ0) is 18.1. The minimum atomic E-state index is 0. The number of piperazine rings is 1. The average molecular weight is 464 g/mol. The number of nitrogens with zero attached hydrogens (tertiary/aromatic N) is 2. The number of rotatable bonds is 4. The highest BCUT2D eigenvalue weighted by Crippen LogP contribution is 2.47. The summed E-state index contributed by atoms with van der Waals surface area (Å²) in [4.78, 5) is 4.92. The van der Waals surface area contributed by atoms with Gasteiger partial charge in [-0.15, -0.1) is 24.8 Å². The standard InChI is InChI=1S/C21H24Cl2N2O.2ClH/c22-16-3-1-15(2-4-16)19-14-21(20-13-17(23)5-6-18(19)20)25-9-7-24(8-10-25)11-12-26;;/h1-6,13,19,21,26H,7-12,14H2;2*1H/t19-,21+;;/m0../s1. The first-order chi connectivity index (χ1) is 12.7. The maximum atomic E-state index is 9.16. The molecule has 1 heterocycles. The van der Waals surface area contributed by atoms with Gasteiger partial charge in [0.05, 0.1) is 6.61 Å². The van der Waals surface area contributed by atoms with E-state index in [1.54, 1.807) is 0 Å². The third-order valence-electron chi connectivity index (χ3n) is 5.78. The maximum absolute atomic E-state index is 9.16. The zero-order valence-corrected chi connectivity index (χ0v) is 18.7. The van der Waals surface area contributed by atoms with E-state index in [4.69, 9.17) is 28.3 Å². The van der Waals surface area contributed by atoms with Crippen LogP contribution < -0.4 is 0 Å². The highest BCUT2D eigenvalue weighted by atomic mass is 35.5. The normalized spacial score (nSPS) is 22.2. The van der Waals surface area contributed by atoms with Crippen LogP contribution in [0.3, 0.4) is 0 Å². The third-order valence-corrected chi connectivity index (χ3v) is 6.27. The van der Waals surface area contributed by atoms with Crippen LogP contribution in [-0.2, 0) is 0 Å². The quantitative estimate of drug-likeness (QED) is 0.689. The van der Waals surface area contributed by atoms with E-state index in [1.165, 1.54) is 16.7 Å². The van der Waals surface area contributed by atoms with Gasteiger partial charge in [-0.05, 0) is 47.4 Å². The van der Waals surface area contributed by atoms with Gasteiger partial charge in [0.25, 0.3) is 0 Å². The maximum Gasteiger partial charge on any atom is 0.0558 e. The summed E-state index contributed by atoms with van der Waals surface area (Å²) < 4.78 is 0. The number of aliphatic hydroxyl groups excluding tert-OH is 1. The number of aliphatic hydroxyl groups is 1. The summed E-state index contributed by atoms with van der Waals surface area (Å²) in [5, 5.41) is 10.7. The molecule has 2 aromatic rings. The fourth-order valence-electron chi connectivity index (χ4n) is 4.43. The zero-order valence-electron chi connectivity index (χ0n) is 15.6. The van der Waals surface area contributed by atoms with Gasteiger partial charge < -0.3 is 5.11 Å². The van der Waals surface area contributed by atoms with Crippen molar-refractivity contribution < 1.29 is 5.11 Å². The Morgan fingerprint density at radius 1 is 0.857 bits per heavy atom. The summed E-state index contributed by atoms with van der Waals surface area (Å²) in [7, 11) is 0. The highest BCUT2D eigenvalue weighted by molar-refractivity contribution is 6.30. The smallest absolute Gasteiger partial charge is 0.0558 e. The summed E-state index contributed by atoms with van der Waals surface area (Å²) in [5.41, 5.74) is 4.08. The van der Waals surface area contributed by atoms with Crippen molar-refractivity contribution in [3.05, 3.63) is 69.2 Å². The fraction of sp³-hybridized carbons (Fsp3) is 0.429. The summed E-state index contributed by atoms with van der Waals surface area (Å²) in [6.07, 6.45) is 1.08. The Morgan fingerprint density at radius 3 is 2.14 bits per heavy atom. The van der Waals surface area contributed by atoms with Gasteiger partial charge in [-0.25, -0.2) is 0 Å². The van der Waals surface area contributed by atoms with E-state index in [9.17, 15) is 0 Å². The van der Waals surface area contributed by atoms with Crippen LogP contribution in [0.5, 0.6) is 0 Å². The molecular weight excluding hydrogens is 438 g/mol. The molecule has 1 saturated heterocycles. The lowest BCUT2D eigenvalue weighted by Gasteiger charge is -2.38. The van der Waals surface area contributed by atoms with Crippen molar-refractivity contribution in [2.24, 2.45) is 0 Å². The highest BCUT2D eigenvalue weighted by Gasteiger charge is 2.36. The Balaban J connectivity index is 0.00000140. The number of hydrogen-bond acceptors (Lipinski definition) is 3. The van der Waals surface area contributed by atoms with Crippen LogP contribution in [-0.4, -0.2) is 54.2 Å². The van der Waals surface area contributed by atoms with Crippen LogP contribution in [0.1, 0.15) is 35.1 Å². The largest absolute Gasteiger partial charge is 0.395 e. The summed E-state index contributed by atoms with van der Waals surface area (Å²) in [6, 6.07) is 15.0. The molecule has 154 valence electrons. The SMILES string of the molecule is Cl.Cl.OCCN1CCN([C@@H]2C[C@@H](c3ccc(Cl)cc3)c3ccc(Cl)cc32)CC1. The van der Waals surface area contributed by atoms with Crippen molar-refractivity contribution in [2.45, 2.75) is 18.4 Å². The van der Waals surface area contributed by atoms with Crippen molar-refractivity contribution in [2.75, 3.05) is 39.3 Å². The first-order valence-corrected chi connectivity index (χ1v) is 10.0. The monoisotopic (exact) mass is 462 g/mol. The van der Waals surface area contributed by atoms with Gasteiger partial charge >= 0.3 is 0 Å². The van der Waals surface area contributed by atoms with Crippen LogP contribution in [0, 0.1) is 0 Å². The number of fused-ring (bicyclic) bond motifs is 1. The predicted octanol–water partition coefficient (Wildman–Crippen LogP) is 5.02. The lowest BCUT2D eigenvalue weighted by molar-refractivity contribution is 0.0827. The molecule has 4 rings (SSSR count). The predicted molar refractivity (Wildman–Crippen MR) is 122 cm³/mol. The summed E-state index contributed by atoms with van der Waals surface area (Å²) in [5.74, 6) is 0.389. The Kier molecular flexibility index (Phi) is 8.90. The number of benzene rings is 2. The number of β-amino-alcohol motifs (C(OH)–C–C–N with tert-alkyl or cyclic N) is 1. The molecule has 1 N–H and O–H groups in total. The lowest BCUT2D eigenvalue weighted by atomic mass is 9.93. The molecule has 0 radical (unpaired) electrons. The Morgan fingerprint density at radius 2 is 1.50 bits per heavy atom. The Hall–Kier alpha value is -0.520. The van der Waals surface area contributed by atoms with Gasteiger partial charge in [0.2, 0.25) is 0 Å². The van der Waals surface area contributed by atoms with E-state index >= 15 is 0 Å². The van der Waals surface area contributed by atoms with Crippen molar-refractivity contribution in [1.29, 1.82) is 0 Å². The Bertz CT molecular complexity index is 764. The molecule has 2 atom stereocenters. The summed E-state index contributed by atoms with van der Waals surface area (Å²) in [6.45, 7) is 5.10. The minimum Gasteiger partial charge on any atom is -0.395 e. The second-order valence-electron chi connectivity index (χ2n) is 7.23. The first-order valence-electron chi connectivity index (χ1n) is 9.28. The van der Waals surface area contributed by atoms with Crippen molar-refractivity contribution in [1.82, 2.24) is 9.80 Å². The van der Waals surface area contributed by atoms with Crippen molar-refractivity contribution in [3.63, 3.8) is 0 Å². The Labute approximate surface area is 189 Å². The molecule has 0 bridgehead atoms. The third kappa shape index (κ3) is 4.96. The molecule has 28 heavy (non-hydrogen) atoms. The van der Waals surface area contributed by atoms with Crippen LogP contribution in [0.15, 0.2) is 42.5 Å². The molecule has 7 heteroatoms. The van der Waals surface area contributed by atoms with Gasteiger partial charge in [-0.1, -0.05) is 41.4 Å². The van der Waals surface area contributed by atoms with E-state index in [-0.39, 0.29) is 31.4 Å². The van der Waals surface area contributed by atoms with Gasteiger partial charge in [-0.2, -0.15) is 0 Å². The molecule has 2 aliphatic rings. The molecule has 2 aromatic carbocycles. The molecule has 1 fully saturated rings. The van der Waals surface area contributed by atoms with E-state index in [1.807, 2.05) is 18.2 Å². The molecule has 3 nitrogen and oxygen atoms in total. The molecule has 0 saturated carbocycles. The molecule has 0 spiro atoms. The van der Waals surface area contributed by atoms with Gasteiger partial charge in [0.15, 0.2) is 0 Å². The molecule has 0 unspecified atom stereocenters. The minimum absolute atomic E-state index is 0. The fourth-order valence-corrected chi connectivity index (χ4v) is 4.73. The molecule has 1 aliphatic heterocycles. The van der Waals surface area contributed by atoms with E-state index in [2.05, 4.69) is 34.1 Å². The van der Waals surface area contributed by atoms with E-state index in [0.717, 1.165) is 49.2 Å². The number of halogens is 4. The van der Waals surface area contributed by atoms with Gasteiger partial charge in [0, 0.05) is 54.7 Å². The van der Waals surface area contributed by atoms with Crippen LogP contribution in [0.25, 0.3) is 0 Å². The topological polar surface area (TPSA) is 26.7 Å². The van der Waals surface area contributed by atoms with Gasteiger partial charge in [-0.3, -0.25) is 9.80 Å². The van der Waals surface area contributed by atoms with Crippen LogP contribution in [0.2, 0.25) is 10.0 Å². The average Bonchev–Trinajstić information content (AvgIpc) is 3.02. The second-order valence-corrected chi connectivity index (χ2v) is 8.10. The molecular formula is C21H26Cl4N2O. The van der Waals surface area contributed by atoms with Crippen molar-refractivity contribution >= 4 is 48.0 Å². The lowest BCUT2D eigenvalue weighted by Crippen LogP contribution is -2.48. The molecule has 0 amide bonds. The van der Waals surface area contributed by atoms with E-state index in [0.29, 0.717) is 12.0 Å².